The Morgan fingerprint density at radius 2 is 1.89 bits per heavy atom. The van der Waals surface area contributed by atoms with Crippen molar-refractivity contribution in [3.8, 4) is 11.5 Å². The van der Waals surface area contributed by atoms with Crippen LogP contribution in [0.4, 0.5) is 0 Å². The minimum absolute atomic E-state index is 0.237. The summed E-state index contributed by atoms with van der Waals surface area (Å²) in [6.45, 7) is 3.55. The Kier molecular flexibility index (Phi) is 3.62. The number of hydrogen-bond donors (Lipinski definition) is 2. The Bertz CT molecular complexity index is 443. The number of rotatable bonds is 2. The van der Waals surface area contributed by atoms with Crippen LogP contribution in [-0.4, -0.2) is 47.5 Å². The van der Waals surface area contributed by atoms with Crippen molar-refractivity contribution in [2.75, 3.05) is 26.3 Å². The highest BCUT2D eigenvalue weighted by Gasteiger charge is 2.35. The van der Waals surface area contributed by atoms with E-state index in [4.69, 9.17) is 4.74 Å². The predicted molar refractivity (Wildman–Crippen MR) is 72.5 cm³/mol. The van der Waals surface area contributed by atoms with Crippen LogP contribution >= 0.6 is 0 Å². The van der Waals surface area contributed by atoms with Crippen molar-refractivity contribution in [3.63, 3.8) is 0 Å². The van der Waals surface area contributed by atoms with Crippen LogP contribution in [0.5, 0.6) is 11.5 Å². The van der Waals surface area contributed by atoms with Gasteiger partial charge in [0.05, 0.1) is 13.2 Å². The normalized spacial score (nSPS) is 28.6. The lowest BCUT2D eigenvalue weighted by atomic mass is 9.92. The summed E-state index contributed by atoms with van der Waals surface area (Å²) in [5, 5.41) is 19.7. The van der Waals surface area contributed by atoms with Gasteiger partial charge in [-0.25, -0.2) is 0 Å². The predicted octanol–water partition coefficient (Wildman–Crippen LogP) is 2.07. The summed E-state index contributed by atoms with van der Waals surface area (Å²) in [7, 11) is 0. The standard InChI is InChI=1S/C15H21NO3/c17-11-4-5-15(18)13(10-11)12-2-1-3-14(12)16-6-8-19-9-7-16/h4-5,10,12,14,17-18H,1-3,6-9H2. The van der Waals surface area contributed by atoms with Crippen LogP contribution in [0, 0.1) is 0 Å². The third-order valence-electron chi connectivity index (χ3n) is 4.40. The van der Waals surface area contributed by atoms with Crippen LogP contribution in [0.1, 0.15) is 30.7 Å². The zero-order valence-electron chi connectivity index (χ0n) is 11.1. The average Bonchev–Trinajstić information content (AvgIpc) is 2.91. The largest absolute Gasteiger partial charge is 0.508 e. The molecule has 1 aromatic rings. The maximum Gasteiger partial charge on any atom is 0.119 e. The van der Waals surface area contributed by atoms with Crippen LogP contribution in [0.25, 0.3) is 0 Å². The first-order chi connectivity index (χ1) is 9.25. The second kappa shape index (κ2) is 5.39. The van der Waals surface area contributed by atoms with Gasteiger partial charge in [0.15, 0.2) is 0 Å². The number of benzene rings is 1. The Labute approximate surface area is 113 Å². The molecular formula is C15H21NO3. The SMILES string of the molecule is Oc1ccc(O)c(C2CCCC2N2CCOCC2)c1. The van der Waals surface area contributed by atoms with Crippen molar-refractivity contribution in [2.24, 2.45) is 0 Å². The van der Waals surface area contributed by atoms with E-state index in [0.717, 1.165) is 38.3 Å². The fraction of sp³-hybridized carbons (Fsp3) is 0.600. The van der Waals surface area contributed by atoms with Crippen molar-refractivity contribution in [2.45, 2.75) is 31.2 Å². The number of nitrogens with zero attached hydrogens (tertiary/aromatic N) is 1. The quantitative estimate of drug-likeness (QED) is 0.802. The lowest BCUT2D eigenvalue weighted by Crippen LogP contribution is -2.44. The molecule has 2 N–H and O–H groups in total. The highest BCUT2D eigenvalue weighted by atomic mass is 16.5. The number of phenolic OH excluding ortho intramolecular Hbond substituents is 2. The van der Waals surface area contributed by atoms with Gasteiger partial charge < -0.3 is 14.9 Å². The molecule has 0 radical (unpaired) electrons. The summed E-state index contributed by atoms with van der Waals surface area (Å²) in [4.78, 5) is 2.48. The Morgan fingerprint density at radius 1 is 1.11 bits per heavy atom. The van der Waals surface area contributed by atoms with Crippen molar-refractivity contribution in [3.05, 3.63) is 23.8 Å². The van der Waals surface area contributed by atoms with E-state index in [1.54, 1.807) is 12.1 Å². The van der Waals surface area contributed by atoms with Gasteiger partial charge in [-0.2, -0.15) is 0 Å². The van der Waals surface area contributed by atoms with Gasteiger partial charge in [0.1, 0.15) is 11.5 Å². The van der Waals surface area contributed by atoms with Crippen molar-refractivity contribution < 1.29 is 14.9 Å². The third kappa shape index (κ3) is 2.55. The van der Waals surface area contributed by atoms with E-state index in [1.165, 1.54) is 18.9 Å². The van der Waals surface area contributed by atoms with Gasteiger partial charge in [-0.15, -0.1) is 0 Å². The first-order valence-electron chi connectivity index (χ1n) is 7.09. The van der Waals surface area contributed by atoms with E-state index in [2.05, 4.69) is 4.90 Å². The molecule has 0 bridgehead atoms. The zero-order chi connectivity index (χ0) is 13.2. The summed E-state index contributed by atoms with van der Waals surface area (Å²) in [6, 6.07) is 5.33. The molecule has 2 fully saturated rings. The van der Waals surface area contributed by atoms with Crippen LogP contribution in [0.2, 0.25) is 0 Å². The molecule has 4 nitrogen and oxygen atoms in total. The lowest BCUT2D eigenvalue weighted by Gasteiger charge is -2.36. The first kappa shape index (κ1) is 12.8. The monoisotopic (exact) mass is 263 g/mol. The molecule has 1 aliphatic carbocycles. The van der Waals surface area contributed by atoms with E-state index in [-0.39, 0.29) is 5.75 Å². The Hall–Kier alpha value is -1.26. The summed E-state index contributed by atoms with van der Waals surface area (Å²) in [5.74, 6) is 0.869. The zero-order valence-corrected chi connectivity index (χ0v) is 11.1. The minimum Gasteiger partial charge on any atom is -0.508 e. The van der Waals surface area contributed by atoms with E-state index in [1.807, 2.05) is 0 Å². The van der Waals surface area contributed by atoms with E-state index in [9.17, 15) is 10.2 Å². The van der Waals surface area contributed by atoms with E-state index >= 15 is 0 Å². The molecule has 1 heterocycles. The molecule has 1 aliphatic heterocycles. The molecule has 2 atom stereocenters. The van der Waals surface area contributed by atoms with Gasteiger partial charge in [0, 0.05) is 30.6 Å². The fourth-order valence-electron chi connectivity index (χ4n) is 3.49. The summed E-state index contributed by atoms with van der Waals surface area (Å²) in [5.41, 5.74) is 0.897. The van der Waals surface area contributed by atoms with Gasteiger partial charge in [0.25, 0.3) is 0 Å². The lowest BCUT2D eigenvalue weighted by molar-refractivity contribution is 0.0143. The highest BCUT2D eigenvalue weighted by molar-refractivity contribution is 5.42. The molecule has 0 amide bonds. The number of phenols is 2. The Morgan fingerprint density at radius 3 is 2.68 bits per heavy atom. The van der Waals surface area contributed by atoms with Gasteiger partial charge in [-0.05, 0) is 31.0 Å². The third-order valence-corrected chi connectivity index (χ3v) is 4.40. The molecule has 1 saturated carbocycles. The first-order valence-corrected chi connectivity index (χ1v) is 7.09. The molecule has 1 aromatic carbocycles. The molecule has 2 unspecified atom stereocenters. The van der Waals surface area contributed by atoms with Crippen molar-refractivity contribution in [1.82, 2.24) is 4.90 Å². The summed E-state index contributed by atoms with van der Waals surface area (Å²) >= 11 is 0. The molecule has 19 heavy (non-hydrogen) atoms. The summed E-state index contributed by atoms with van der Waals surface area (Å²) in [6.07, 6.45) is 3.43. The fourth-order valence-corrected chi connectivity index (χ4v) is 3.49. The molecular weight excluding hydrogens is 242 g/mol. The van der Waals surface area contributed by atoms with Gasteiger partial charge in [-0.3, -0.25) is 4.90 Å². The molecule has 0 spiro atoms. The highest BCUT2D eigenvalue weighted by Crippen LogP contribution is 2.42. The average molecular weight is 263 g/mol. The molecule has 2 aliphatic rings. The number of morpholine rings is 1. The van der Waals surface area contributed by atoms with E-state index < -0.39 is 0 Å². The summed E-state index contributed by atoms with van der Waals surface area (Å²) < 4.78 is 5.41. The molecule has 0 aromatic heterocycles. The number of aromatic hydroxyl groups is 2. The smallest absolute Gasteiger partial charge is 0.119 e. The second-order valence-electron chi connectivity index (χ2n) is 5.50. The van der Waals surface area contributed by atoms with Crippen LogP contribution in [0.3, 0.4) is 0 Å². The molecule has 4 heteroatoms. The van der Waals surface area contributed by atoms with Crippen LogP contribution in [-0.2, 0) is 4.74 Å². The maximum atomic E-state index is 10.1. The van der Waals surface area contributed by atoms with E-state index in [0.29, 0.717) is 17.7 Å². The number of ether oxygens (including phenoxy) is 1. The van der Waals surface area contributed by atoms with Gasteiger partial charge in [-0.1, -0.05) is 6.42 Å². The number of hydrogen-bond acceptors (Lipinski definition) is 4. The van der Waals surface area contributed by atoms with Crippen LogP contribution < -0.4 is 0 Å². The van der Waals surface area contributed by atoms with Crippen molar-refractivity contribution >= 4 is 0 Å². The molecule has 3 rings (SSSR count). The van der Waals surface area contributed by atoms with Crippen LogP contribution in [0.15, 0.2) is 18.2 Å². The van der Waals surface area contributed by atoms with Gasteiger partial charge in [0.2, 0.25) is 0 Å². The maximum absolute atomic E-state index is 10.1. The topological polar surface area (TPSA) is 52.9 Å². The van der Waals surface area contributed by atoms with Crippen molar-refractivity contribution in [1.29, 1.82) is 0 Å². The minimum atomic E-state index is 0.237. The van der Waals surface area contributed by atoms with Gasteiger partial charge >= 0.3 is 0 Å². The molecule has 104 valence electrons. The second-order valence-corrected chi connectivity index (χ2v) is 5.50. The molecule has 1 saturated heterocycles. The Balaban J connectivity index is 1.83.